The second-order valence-electron chi connectivity index (χ2n) is 4.76. The van der Waals surface area contributed by atoms with Gasteiger partial charge >= 0.3 is 0 Å². The van der Waals surface area contributed by atoms with Crippen molar-refractivity contribution in [3.63, 3.8) is 0 Å². The van der Waals surface area contributed by atoms with Crippen molar-refractivity contribution in [3.05, 3.63) is 18.0 Å². The molecule has 3 N–H and O–H groups in total. The van der Waals surface area contributed by atoms with Gasteiger partial charge in [-0.3, -0.25) is 4.79 Å². The Morgan fingerprint density at radius 1 is 1.43 bits per heavy atom. The van der Waals surface area contributed by atoms with Gasteiger partial charge in [-0.1, -0.05) is 6.92 Å². The number of nitrogens with one attached hydrogen (secondary N) is 1. The molecule has 21 heavy (non-hydrogen) atoms. The molecule has 0 aliphatic heterocycles. The molecule has 1 heterocycles. The molecule has 120 valence electrons. The Bertz CT molecular complexity index is 566. The molecule has 0 bridgehead atoms. The summed E-state index contributed by atoms with van der Waals surface area (Å²) >= 11 is 0. The van der Waals surface area contributed by atoms with Crippen molar-refractivity contribution in [1.29, 1.82) is 0 Å². The van der Waals surface area contributed by atoms with E-state index in [1.165, 1.54) is 12.3 Å². The molecule has 1 aromatic heterocycles. The summed E-state index contributed by atoms with van der Waals surface area (Å²) in [5, 5.41) is 7.87. The van der Waals surface area contributed by atoms with Gasteiger partial charge in [0.1, 0.15) is 10.6 Å². The first kappa shape index (κ1) is 17.7. The van der Waals surface area contributed by atoms with Gasteiger partial charge in [-0.15, -0.1) is 0 Å². The second-order valence-corrected chi connectivity index (χ2v) is 6.32. The number of aryl methyl sites for hydroxylation is 1. The Hall–Kier alpha value is -1.38. The maximum absolute atomic E-state index is 12.1. The number of carbonyl (C=O) groups is 1. The van der Waals surface area contributed by atoms with Gasteiger partial charge in [-0.05, 0) is 25.3 Å². The fourth-order valence-corrected chi connectivity index (χ4v) is 2.47. The SMILES string of the molecule is CCCn1cc(S(N)(=O)=O)cc1C(=O)NCCCCOC. The van der Waals surface area contributed by atoms with Gasteiger partial charge in [-0.2, -0.15) is 0 Å². The zero-order chi connectivity index (χ0) is 15.9. The van der Waals surface area contributed by atoms with Crippen molar-refractivity contribution in [2.24, 2.45) is 5.14 Å². The van der Waals surface area contributed by atoms with Crippen LogP contribution in [-0.2, 0) is 21.3 Å². The number of hydrogen-bond donors (Lipinski definition) is 2. The monoisotopic (exact) mass is 317 g/mol. The maximum Gasteiger partial charge on any atom is 0.267 e. The van der Waals surface area contributed by atoms with E-state index in [9.17, 15) is 13.2 Å². The summed E-state index contributed by atoms with van der Waals surface area (Å²) < 4.78 is 29.3. The van der Waals surface area contributed by atoms with Gasteiger partial charge in [0, 0.05) is 33.0 Å². The van der Waals surface area contributed by atoms with E-state index in [-0.39, 0.29) is 10.8 Å². The predicted molar refractivity (Wildman–Crippen MR) is 79.5 cm³/mol. The lowest BCUT2D eigenvalue weighted by molar-refractivity contribution is 0.0942. The van der Waals surface area contributed by atoms with Crippen LogP contribution in [0.4, 0.5) is 0 Å². The number of nitrogens with zero attached hydrogens (tertiary/aromatic N) is 1. The second kappa shape index (κ2) is 8.16. The number of rotatable bonds is 9. The molecule has 0 aliphatic carbocycles. The summed E-state index contributed by atoms with van der Waals surface area (Å²) in [6, 6.07) is 1.31. The number of aromatic nitrogens is 1. The highest BCUT2D eigenvalue weighted by atomic mass is 32.2. The molecule has 1 aromatic rings. The normalized spacial score (nSPS) is 11.6. The van der Waals surface area contributed by atoms with Crippen molar-refractivity contribution in [2.75, 3.05) is 20.3 Å². The standard InChI is InChI=1S/C13H23N3O4S/c1-3-7-16-10-11(21(14,18)19)9-12(16)13(17)15-6-4-5-8-20-2/h9-10H,3-8H2,1-2H3,(H,15,17)(H2,14,18,19). The number of unbranched alkanes of at least 4 members (excludes halogenated alkanes) is 1. The molecule has 0 aliphatic rings. The van der Waals surface area contributed by atoms with E-state index < -0.39 is 10.0 Å². The van der Waals surface area contributed by atoms with Crippen LogP contribution in [0.1, 0.15) is 36.7 Å². The number of carbonyl (C=O) groups excluding carboxylic acids is 1. The first-order valence-electron chi connectivity index (χ1n) is 6.90. The van der Waals surface area contributed by atoms with Crippen molar-refractivity contribution in [1.82, 2.24) is 9.88 Å². The summed E-state index contributed by atoms with van der Waals surface area (Å²) in [6.45, 7) is 3.67. The number of sulfonamides is 1. The smallest absolute Gasteiger partial charge is 0.267 e. The van der Waals surface area contributed by atoms with Crippen LogP contribution in [0.15, 0.2) is 17.2 Å². The minimum atomic E-state index is -3.81. The first-order chi connectivity index (χ1) is 9.90. The average molecular weight is 317 g/mol. The molecule has 0 radical (unpaired) electrons. The van der Waals surface area contributed by atoms with E-state index in [0.29, 0.717) is 25.4 Å². The number of hydrogen-bond acceptors (Lipinski definition) is 4. The van der Waals surface area contributed by atoms with Crippen LogP contribution in [0, 0.1) is 0 Å². The highest BCUT2D eigenvalue weighted by Crippen LogP contribution is 2.14. The molecule has 0 saturated carbocycles. The average Bonchev–Trinajstić information content (AvgIpc) is 2.83. The molecule has 1 amide bonds. The molecular formula is C13H23N3O4S. The zero-order valence-electron chi connectivity index (χ0n) is 12.5. The Labute approximate surface area is 125 Å². The zero-order valence-corrected chi connectivity index (χ0v) is 13.3. The molecule has 0 atom stereocenters. The number of nitrogens with two attached hydrogens (primary N) is 1. The quantitative estimate of drug-likeness (QED) is 0.654. The molecule has 0 fully saturated rings. The highest BCUT2D eigenvalue weighted by molar-refractivity contribution is 7.89. The molecule has 0 spiro atoms. The van der Waals surface area contributed by atoms with Crippen LogP contribution in [0.3, 0.4) is 0 Å². The van der Waals surface area contributed by atoms with E-state index in [0.717, 1.165) is 19.3 Å². The van der Waals surface area contributed by atoms with Crippen LogP contribution in [0.2, 0.25) is 0 Å². The highest BCUT2D eigenvalue weighted by Gasteiger charge is 2.18. The van der Waals surface area contributed by atoms with Crippen LogP contribution in [-0.4, -0.2) is 39.2 Å². The van der Waals surface area contributed by atoms with E-state index in [2.05, 4.69) is 5.32 Å². The molecule has 1 rings (SSSR count). The maximum atomic E-state index is 12.1. The van der Waals surface area contributed by atoms with Gasteiger partial charge in [0.05, 0.1) is 0 Å². The van der Waals surface area contributed by atoms with Gasteiger partial charge in [-0.25, -0.2) is 13.6 Å². The van der Waals surface area contributed by atoms with Gasteiger partial charge in [0.15, 0.2) is 0 Å². The summed E-state index contributed by atoms with van der Waals surface area (Å²) in [5.74, 6) is -0.296. The summed E-state index contributed by atoms with van der Waals surface area (Å²) in [4.78, 5) is 12.1. The number of methoxy groups -OCH3 is 1. The van der Waals surface area contributed by atoms with Gasteiger partial charge in [0.25, 0.3) is 5.91 Å². The van der Waals surface area contributed by atoms with Crippen molar-refractivity contribution >= 4 is 15.9 Å². The summed E-state index contributed by atoms with van der Waals surface area (Å²) in [5.41, 5.74) is 0.313. The summed E-state index contributed by atoms with van der Waals surface area (Å²) in [7, 11) is -2.18. The fourth-order valence-electron chi connectivity index (χ4n) is 1.92. The van der Waals surface area contributed by atoms with Crippen LogP contribution in [0.5, 0.6) is 0 Å². The van der Waals surface area contributed by atoms with Gasteiger partial charge in [0.2, 0.25) is 10.0 Å². The topological polar surface area (TPSA) is 103 Å². The molecular weight excluding hydrogens is 294 g/mol. The van der Waals surface area contributed by atoms with E-state index in [4.69, 9.17) is 9.88 Å². The number of primary sulfonamides is 1. The van der Waals surface area contributed by atoms with Crippen LogP contribution < -0.4 is 10.5 Å². The molecule has 0 unspecified atom stereocenters. The minimum absolute atomic E-state index is 0.0412. The fraction of sp³-hybridized carbons (Fsp3) is 0.615. The number of amides is 1. The first-order valence-corrected chi connectivity index (χ1v) is 8.45. The van der Waals surface area contributed by atoms with Gasteiger partial charge < -0.3 is 14.6 Å². The Morgan fingerprint density at radius 2 is 2.14 bits per heavy atom. The third-order valence-corrected chi connectivity index (χ3v) is 3.84. The Balaban J connectivity index is 2.75. The van der Waals surface area contributed by atoms with Crippen molar-refractivity contribution in [3.8, 4) is 0 Å². The summed E-state index contributed by atoms with van der Waals surface area (Å²) in [6.07, 6.45) is 3.84. The molecule has 0 aromatic carbocycles. The van der Waals surface area contributed by atoms with E-state index in [1.807, 2.05) is 6.92 Å². The van der Waals surface area contributed by atoms with Crippen LogP contribution >= 0.6 is 0 Å². The Morgan fingerprint density at radius 3 is 2.71 bits per heavy atom. The lowest BCUT2D eigenvalue weighted by Gasteiger charge is -2.08. The van der Waals surface area contributed by atoms with E-state index in [1.54, 1.807) is 11.7 Å². The third kappa shape index (κ3) is 5.49. The van der Waals surface area contributed by atoms with Crippen molar-refractivity contribution in [2.45, 2.75) is 37.6 Å². The van der Waals surface area contributed by atoms with Crippen molar-refractivity contribution < 1.29 is 17.9 Å². The lowest BCUT2D eigenvalue weighted by atomic mass is 10.3. The minimum Gasteiger partial charge on any atom is -0.385 e. The third-order valence-electron chi connectivity index (χ3n) is 2.96. The molecule has 8 heteroatoms. The number of ether oxygens (including phenoxy) is 1. The predicted octanol–water partition coefficient (Wildman–Crippen LogP) is 0.702. The lowest BCUT2D eigenvalue weighted by Crippen LogP contribution is -2.27. The molecule has 0 saturated heterocycles. The van der Waals surface area contributed by atoms with Crippen LogP contribution in [0.25, 0.3) is 0 Å². The van der Waals surface area contributed by atoms with E-state index >= 15 is 0 Å². The largest absolute Gasteiger partial charge is 0.385 e. The Kier molecular flexibility index (Phi) is 6.86. The molecule has 7 nitrogen and oxygen atoms in total.